The molecule has 2 aromatic heterocycles. The summed E-state index contributed by atoms with van der Waals surface area (Å²) in [6, 6.07) is 5.69. The third-order valence-corrected chi connectivity index (χ3v) is 4.20. The predicted molar refractivity (Wildman–Crippen MR) is 90.7 cm³/mol. The summed E-state index contributed by atoms with van der Waals surface area (Å²) >= 11 is 0. The van der Waals surface area contributed by atoms with Gasteiger partial charge in [0, 0.05) is 39.4 Å². The van der Waals surface area contributed by atoms with Crippen LogP contribution in [0.25, 0.3) is 0 Å². The van der Waals surface area contributed by atoms with Crippen LogP contribution in [0.5, 0.6) is 0 Å². The molecule has 24 heavy (non-hydrogen) atoms. The molecule has 0 bridgehead atoms. The molecule has 0 aromatic carbocycles. The van der Waals surface area contributed by atoms with Crippen LogP contribution in [0.2, 0.25) is 0 Å². The Hall–Kier alpha value is -2.57. The Morgan fingerprint density at radius 1 is 1.46 bits per heavy atom. The van der Waals surface area contributed by atoms with E-state index in [1.165, 1.54) is 0 Å². The minimum absolute atomic E-state index is 0.0269. The standard InChI is InChI=1S/C17H23N5O2/c1-12-9-15(24-20-12)14-5-4-8-22(14)17(23)19-11-13-6-7-18-16(10-13)21(2)3/h6-7,9-10,14H,4-5,8,11H2,1-3H3,(H,19,23). The largest absolute Gasteiger partial charge is 0.363 e. The van der Waals surface area contributed by atoms with Gasteiger partial charge in [0.1, 0.15) is 5.82 Å². The summed E-state index contributed by atoms with van der Waals surface area (Å²) in [5.41, 5.74) is 1.86. The molecule has 7 nitrogen and oxygen atoms in total. The number of aryl methyl sites for hydroxylation is 1. The summed E-state index contributed by atoms with van der Waals surface area (Å²) in [6.07, 6.45) is 3.63. The van der Waals surface area contributed by atoms with Crippen LogP contribution in [-0.4, -0.2) is 41.7 Å². The minimum Gasteiger partial charge on any atom is -0.363 e. The highest BCUT2D eigenvalue weighted by molar-refractivity contribution is 5.75. The number of nitrogens with zero attached hydrogens (tertiary/aromatic N) is 4. The maximum Gasteiger partial charge on any atom is 0.318 e. The van der Waals surface area contributed by atoms with Gasteiger partial charge in [0.15, 0.2) is 5.76 Å². The molecule has 0 radical (unpaired) electrons. The van der Waals surface area contributed by atoms with Crippen LogP contribution in [-0.2, 0) is 6.54 Å². The number of carbonyl (C=O) groups excluding carboxylic acids is 1. The molecule has 1 unspecified atom stereocenters. The van der Waals surface area contributed by atoms with E-state index in [9.17, 15) is 4.79 Å². The Balaban J connectivity index is 1.63. The van der Waals surface area contributed by atoms with Gasteiger partial charge < -0.3 is 19.6 Å². The molecule has 0 spiro atoms. The van der Waals surface area contributed by atoms with E-state index < -0.39 is 0 Å². The number of aromatic nitrogens is 2. The fourth-order valence-electron chi connectivity index (χ4n) is 2.94. The molecule has 2 aromatic rings. The van der Waals surface area contributed by atoms with Gasteiger partial charge in [0.05, 0.1) is 11.7 Å². The van der Waals surface area contributed by atoms with Crippen LogP contribution in [0.3, 0.4) is 0 Å². The van der Waals surface area contributed by atoms with Gasteiger partial charge in [0.25, 0.3) is 0 Å². The maximum atomic E-state index is 12.6. The molecule has 1 aliphatic rings. The smallest absolute Gasteiger partial charge is 0.318 e. The van der Waals surface area contributed by atoms with Crippen molar-refractivity contribution in [1.29, 1.82) is 0 Å². The number of nitrogens with one attached hydrogen (secondary N) is 1. The lowest BCUT2D eigenvalue weighted by Gasteiger charge is -2.23. The lowest BCUT2D eigenvalue weighted by atomic mass is 10.1. The zero-order valence-electron chi connectivity index (χ0n) is 14.3. The first-order valence-corrected chi connectivity index (χ1v) is 8.14. The number of hydrogen-bond donors (Lipinski definition) is 1. The van der Waals surface area contributed by atoms with E-state index in [0.29, 0.717) is 6.54 Å². The molecule has 1 saturated heterocycles. The Bertz CT molecular complexity index is 713. The number of urea groups is 1. The number of pyridine rings is 1. The highest BCUT2D eigenvalue weighted by atomic mass is 16.5. The van der Waals surface area contributed by atoms with Gasteiger partial charge >= 0.3 is 6.03 Å². The van der Waals surface area contributed by atoms with E-state index >= 15 is 0 Å². The number of hydrogen-bond acceptors (Lipinski definition) is 5. The summed E-state index contributed by atoms with van der Waals surface area (Å²) < 4.78 is 5.35. The monoisotopic (exact) mass is 329 g/mol. The minimum atomic E-state index is -0.0743. The Morgan fingerprint density at radius 3 is 3.00 bits per heavy atom. The second-order valence-electron chi connectivity index (χ2n) is 6.30. The van der Waals surface area contributed by atoms with Crippen molar-refractivity contribution in [1.82, 2.24) is 20.4 Å². The molecule has 2 amide bonds. The second kappa shape index (κ2) is 6.90. The van der Waals surface area contributed by atoms with Gasteiger partial charge in [-0.2, -0.15) is 0 Å². The van der Waals surface area contributed by atoms with Gasteiger partial charge in [-0.25, -0.2) is 9.78 Å². The van der Waals surface area contributed by atoms with Crippen LogP contribution in [0.15, 0.2) is 28.9 Å². The number of likely N-dealkylation sites (tertiary alicyclic amines) is 1. The molecule has 3 rings (SSSR count). The Labute approximate surface area is 141 Å². The zero-order chi connectivity index (χ0) is 17.1. The first kappa shape index (κ1) is 16.3. The van der Waals surface area contributed by atoms with Gasteiger partial charge in [-0.1, -0.05) is 5.16 Å². The number of carbonyl (C=O) groups is 1. The van der Waals surface area contributed by atoms with E-state index in [0.717, 1.165) is 42.2 Å². The summed E-state index contributed by atoms with van der Waals surface area (Å²) in [5.74, 6) is 1.64. The Kier molecular flexibility index (Phi) is 4.69. The quantitative estimate of drug-likeness (QED) is 0.933. The van der Waals surface area contributed by atoms with Crippen LogP contribution in [0.4, 0.5) is 10.6 Å². The summed E-state index contributed by atoms with van der Waals surface area (Å²) in [5, 5.41) is 6.92. The average Bonchev–Trinajstić information content (AvgIpc) is 3.21. The lowest BCUT2D eigenvalue weighted by molar-refractivity contribution is 0.182. The molecule has 1 fully saturated rings. The van der Waals surface area contributed by atoms with E-state index in [1.54, 1.807) is 6.20 Å². The molecule has 0 aliphatic carbocycles. The second-order valence-corrected chi connectivity index (χ2v) is 6.30. The fourth-order valence-corrected chi connectivity index (χ4v) is 2.94. The number of anilines is 1. The first-order chi connectivity index (χ1) is 11.5. The number of rotatable bonds is 4. The van der Waals surface area contributed by atoms with E-state index in [1.807, 2.05) is 49.0 Å². The molecular formula is C17H23N5O2. The molecule has 1 N–H and O–H groups in total. The third-order valence-electron chi connectivity index (χ3n) is 4.20. The summed E-state index contributed by atoms with van der Waals surface area (Å²) in [4.78, 5) is 20.6. The van der Waals surface area contributed by atoms with Crippen molar-refractivity contribution in [3.63, 3.8) is 0 Å². The Morgan fingerprint density at radius 2 is 2.29 bits per heavy atom. The molecular weight excluding hydrogens is 306 g/mol. The maximum absolute atomic E-state index is 12.6. The molecule has 128 valence electrons. The zero-order valence-corrected chi connectivity index (χ0v) is 14.3. The van der Waals surface area contributed by atoms with Gasteiger partial charge in [-0.15, -0.1) is 0 Å². The van der Waals surface area contributed by atoms with Crippen molar-refractivity contribution in [2.45, 2.75) is 32.4 Å². The van der Waals surface area contributed by atoms with Crippen molar-refractivity contribution in [3.05, 3.63) is 41.4 Å². The molecule has 1 aliphatic heterocycles. The summed E-state index contributed by atoms with van der Waals surface area (Å²) in [6.45, 7) is 3.09. The highest BCUT2D eigenvalue weighted by Gasteiger charge is 2.32. The van der Waals surface area contributed by atoms with Crippen LogP contribution >= 0.6 is 0 Å². The van der Waals surface area contributed by atoms with Crippen molar-refractivity contribution in [3.8, 4) is 0 Å². The molecule has 3 heterocycles. The summed E-state index contributed by atoms with van der Waals surface area (Å²) in [7, 11) is 3.89. The first-order valence-electron chi connectivity index (χ1n) is 8.14. The third kappa shape index (κ3) is 3.50. The molecule has 7 heteroatoms. The van der Waals surface area contributed by atoms with E-state index in [4.69, 9.17) is 4.52 Å². The normalized spacial score (nSPS) is 17.1. The number of amides is 2. The topological polar surface area (TPSA) is 74.5 Å². The van der Waals surface area contributed by atoms with Crippen molar-refractivity contribution < 1.29 is 9.32 Å². The van der Waals surface area contributed by atoms with E-state index in [2.05, 4.69) is 15.5 Å². The molecule has 0 saturated carbocycles. The highest BCUT2D eigenvalue weighted by Crippen LogP contribution is 2.32. The van der Waals surface area contributed by atoms with Crippen LogP contribution < -0.4 is 10.2 Å². The van der Waals surface area contributed by atoms with Crippen LogP contribution in [0, 0.1) is 6.92 Å². The fraction of sp³-hybridized carbons (Fsp3) is 0.471. The lowest BCUT2D eigenvalue weighted by Crippen LogP contribution is -2.39. The van der Waals surface area contributed by atoms with Crippen molar-refractivity contribution in [2.75, 3.05) is 25.5 Å². The van der Waals surface area contributed by atoms with Gasteiger partial charge in [-0.3, -0.25) is 0 Å². The average molecular weight is 329 g/mol. The van der Waals surface area contributed by atoms with Gasteiger partial charge in [-0.05, 0) is 37.5 Å². The van der Waals surface area contributed by atoms with Crippen molar-refractivity contribution >= 4 is 11.8 Å². The van der Waals surface area contributed by atoms with E-state index in [-0.39, 0.29) is 12.1 Å². The molecule has 1 atom stereocenters. The van der Waals surface area contributed by atoms with Crippen molar-refractivity contribution in [2.24, 2.45) is 0 Å². The SMILES string of the molecule is Cc1cc(C2CCCN2C(=O)NCc2ccnc(N(C)C)c2)on1. The predicted octanol–water partition coefficient (Wildman–Crippen LogP) is 2.49. The van der Waals surface area contributed by atoms with Gasteiger partial charge in [0.2, 0.25) is 0 Å². The van der Waals surface area contributed by atoms with Crippen LogP contribution in [0.1, 0.15) is 35.9 Å².